The number of fused-ring (bicyclic) bond motifs is 2. The van der Waals surface area contributed by atoms with Crippen LogP contribution in [0, 0.1) is 5.41 Å². The zero-order valence-corrected chi connectivity index (χ0v) is 19.2. The van der Waals surface area contributed by atoms with E-state index >= 15 is 0 Å². The monoisotopic (exact) mass is 496 g/mol. The molecule has 0 bridgehead atoms. The molecule has 0 saturated carbocycles. The third kappa shape index (κ3) is 4.33. The van der Waals surface area contributed by atoms with Crippen LogP contribution in [0.4, 0.5) is 18.9 Å². The van der Waals surface area contributed by atoms with Gasteiger partial charge in [-0.25, -0.2) is 13.4 Å². The summed E-state index contributed by atoms with van der Waals surface area (Å²) in [6.07, 6.45) is -2.08. The first kappa shape index (κ1) is 24.0. The number of carbonyl (C=O) groups is 1. The van der Waals surface area contributed by atoms with Gasteiger partial charge < -0.3 is 15.4 Å². The Morgan fingerprint density at radius 2 is 1.97 bits per heavy atom. The summed E-state index contributed by atoms with van der Waals surface area (Å²) in [4.78, 5) is 16.3. The molecule has 8 nitrogen and oxygen atoms in total. The summed E-state index contributed by atoms with van der Waals surface area (Å²) in [5.41, 5.74) is 0.893. The first-order chi connectivity index (χ1) is 15.7. The van der Waals surface area contributed by atoms with Crippen LogP contribution in [0.15, 0.2) is 36.5 Å². The molecule has 2 aliphatic rings. The first-order valence-corrected chi connectivity index (χ1v) is 12.1. The summed E-state index contributed by atoms with van der Waals surface area (Å²) in [7, 11) is -3.63. The molecular weight excluding hydrogens is 473 g/mol. The molecule has 182 valence electrons. The van der Waals surface area contributed by atoms with Crippen LogP contribution in [0.5, 0.6) is 5.75 Å². The second kappa shape index (κ2) is 7.97. The lowest BCUT2D eigenvalue weighted by Crippen LogP contribution is -2.65. The van der Waals surface area contributed by atoms with Crippen molar-refractivity contribution in [2.75, 3.05) is 11.1 Å². The highest BCUT2D eigenvalue weighted by atomic mass is 32.2. The van der Waals surface area contributed by atoms with Crippen LogP contribution in [0.25, 0.3) is 0 Å². The van der Waals surface area contributed by atoms with Gasteiger partial charge >= 0.3 is 6.36 Å². The Kier molecular flexibility index (Phi) is 5.62. The minimum absolute atomic E-state index is 0.0774. The van der Waals surface area contributed by atoms with E-state index in [2.05, 4.69) is 20.4 Å². The SMILES string of the molecule is CC1(C)C(=N)N[C@@]2(CCCc3ccc(NC(=O)c4ccc(OC(F)(F)F)cn4)cc32)CS1(=O)=O. The maximum atomic E-state index is 13.0. The zero-order chi connectivity index (χ0) is 24.9. The van der Waals surface area contributed by atoms with Crippen molar-refractivity contribution in [2.45, 2.75) is 49.8 Å². The summed E-state index contributed by atoms with van der Waals surface area (Å²) in [5, 5.41) is 14.1. The number of hydrogen-bond donors (Lipinski definition) is 3. The fourth-order valence-electron chi connectivity index (χ4n) is 4.30. The van der Waals surface area contributed by atoms with Crippen LogP contribution in [-0.4, -0.2) is 42.0 Å². The maximum Gasteiger partial charge on any atom is 0.573 e. The number of nitrogens with one attached hydrogen (secondary N) is 3. The number of benzene rings is 1. The van der Waals surface area contributed by atoms with Gasteiger partial charge in [-0.1, -0.05) is 6.07 Å². The van der Waals surface area contributed by atoms with Gasteiger partial charge in [0.15, 0.2) is 9.84 Å². The topological polar surface area (TPSA) is 121 Å². The number of nitrogens with zero attached hydrogens (tertiary/aromatic N) is 1. The van der Waals surface area contributed by atoms with Gasteiger partial charge in [-0.3, -0.25) is 10.2 Å². The lowest BCUT2D eigenvalue weighted by molar-refractivity contribution is -0.274. The third-order valence-corrected chi connectivity index (χ3v) is 8.95. The van der Waals surface area contributed by atoms with Crippen molar-refractivity contribution in [3.63, 3.8) is 0 Å². The Hall–Kier alpha value is -3.15. The van der Waals surface area contributed by atoms with Crippen LogP contribution in [0.2, 0.25) is 0 Å². The summed E-state index contributed by atoms with van der Waals surface area (Å²) in [5.74, 6) is -1.45. The number of anilines is 1. The number of halogens is 3. The predicted molar refractivity (Wildman–Crippen MR) is 119 cm³/mol. The molecule has 1 aliphatic carbocycles. The molecule has 1 aromatic carbocycles. The van der Waals surface area contributed by atoms with Crippen LogP contribution in [0.1, 0.15) is 48.3 Å². The van der Waals surface area contributed by atoms with Gasteiger partial charge in [0.05, 0.1) is 17.5 Å². The molecule has 4 rings (SSSR count). The second-order valence-electron chi connectivity index (χ2n) is 8.96. The number of ether oxygens (including phenoxy) is 1. The van der Waals surface area contributed by atoms with Crippen LogP contribution in [-0.2, 0) is 21.8 Å². The Morgan fingerprint density at radius 3 is 2.59 bits per heavy atom. The maximum absolute atomic E-state index is 13.0. The number of hydrogen-bond acceptors (Lipinski definition) is 6. The second-order valence-corrected chi connectivity index (χ2v) is 11.5. The number of alkyl halides is 3. The molecule has 1 fully saturated rings. The lowest BCUT2D eigenvalue weighted by Gasteiger charge is -2.47. The molecule has 1 saturated heterocycles. The van der Waals surface area contributed by atoms with E-state index in [1.807, 2.05) is 0 Å². The van der Waals surface area contributed by atoms with E-state index in [-0.39, 0.29) is 17.3 Å². The Balaban J connectivity index is 1.60. The summed E-state index contributed by atoms with van der Waals surface area (Å²) in [6.45, 7) is 3.01. The number of aryl methyl sites for hydroxylation is 1. The molecule has 1 atom stereocenters. The van der Waals surface area contributed by atoms with Gasteiger partial charge in [-0.15, -0.1) is 13.2 Å². The van der Waals surface area contributed by atoms with Gasteiger partial charge in [0.25, 0.3) is 5.91 Å². The number of amidine groups is 1. The van der Waals surface area contributed by atoms with E-state index in [0.717, 1.165) is 36.7 Å². The predicted octanol–water partition coefficient (Wildman–Crippen LogP) is 3.54. The number of aromatic nitrogens is 1. The quantitative estimate of drug-likeness (QED) is 0.598. The molecule has 1 amide bonds. The highest BCUT2D eigenvalue weighted by molar-refractivity contribution is 7.93. The van der Waals surface area contributed by atoms with E-state index in [9.17, 15) is 26.4 Å². The van der Waals surface area contributed by atoms with E-state index in [0.29, 0.717) is 17.7 Å². The molecule has 1 aliphatic heterocycles. The standard InChI is InChI=1S/C22H23F3N4O4S/c1-20(2)19(26)29-21(12-34(20,31)32)9-3-4-13-5-6-14(10-16(13)21)28-18(30)17-8-7-15(11-27-17)33-22(23,24)25/h5-8,10-11H,3-4,9,12H2,1-2H3,(H2,26,29)(H,28,30)/t21-/m0/s1. The summed E-state index contributed by atoms with van der Waals surface area (Å²) in [6, 6.07) is 7.25. The molecule has 0 radical (unpaired) electrons. The van der Waals surface area contributed by atoms with Crippen molar-refractivity contribution in [1.29, 1.82) is 5.41 Å². The van der Waals surface area contributed by atoms with Crippen LogP contribution >= 0.6 is 0 Å². The Morgan fingerprint density at radius 1 is 1.24 bits per heavy atom. The molecule has 34 heavy (non-hydrogen) atoms. The molecule has 2 aromatic rings. The number of carbonyl (C=O) groups excluding carboxylic acids is 1. The minimum atomic E-state index is -4.86. The van der Waals surface area contributed by atoms with E-state index < -0.39 is 38.1 Å². The van der Waals surface area contributed by atoms with Crippen molar-refractivity contribution in [2.24, 2.45) is 0 Å². The summed E-state index contributed by atoms with van der Waals surface area (Å²) >= 11 is 0. The molecule has 3 N–H and O–H groups in total. The largest absolute Gasteiger partial charge is 0.573 e. The van der Waals surface area contributed by atoms with Gasteiger partial charge in [0.1, 0.15) is 22.0 Å². The zero-order valence-electron chi connectivity index (χ0n) is 18.4. The number of pyridine rings is 1. The molecule has 1 aromatic heterocycles. The fraction of sp³-hybridized carbons (Fsp3) is 0.409. The van der Waals surface area contributed by atoms with Gasteiger partial charge in [-0.05, 0) is 68.5 Å². The van der Waals surface area contributed by atoms with Crippen molar-refractivity contribution in [1.82, 2.24) is 10.3 Å². The minimum Gasteiger partial charge on any atom is -0.404 e. The van der Waals surface area contributed by atoms with Crippen molar-refractivity contribution in [3.8, 4) is 5.75 Å². The number of rotatable bonds is 3. The van der Waals surface area contributed by atoms with Crippen molar-refractivity contribution >= 4 is 27.3 Å². The number of sulfone groups is 1. The van der Waals surface area contributed by atoms with Gasteiger partial charge in [0, 0.05) is 5.69 Å². The average molecular weight is 497 g/mol. The Labute approximate surface area is 194 Å². The van der Waals surface area contributed by atoms with Gasteiger partial charge in [0.2, 0.25) is 0 Å². The highest BCUT2D eigenvalue weighted by Crippen LogP contribution is 2.42. The average Bonchev–Trinajstić information content (AvgIpc) is 2.72. The normalized spacial score (nSPS) is 23.0. The van der Waals surface area contributed by atoms with Crippen LogP contribution < -0.4 is 15.4 Å². The van der Waals surface area contributed by atoms with Crippen molar-refractivity contribution in [3.05, 3.63) is 53.3 Å². The molecular formula is C22H23F3N4O4S. The smallest absolute Gasteiger partial charge is 0.404 e. The van der Waals surface area contributed by atoms with Crippen molar-refractivity contribution < 1.29 is 31.1 Å². The Bertz CT molecular complexity index is 1260. The highest BCUT2D eigenvalue weighted by Gasteiger charge is 2.53. The van der Waals surface area contributed by atoms with Crippen LogP contribution in [0.3, 0.4) is 0 Å². The molecule has 2 heterocycles. The fourth-order valence-corrected chi connectivity index (χ4v) is 6.05. The molecule has 1 spiro atoms. The van der Waals surface area contributed by atoms with E-state index in [4.69, 9.17) is 5.41 Å². The molecule has 0 unspecified atom stereocenters. The van der Waals surface area contributed by atoms with Gasteiger partial charge in [-0.2, -0.15) is 0 Å². The molecule has 12 heteroatoms. The summed E-state index contributed by atoms with van der Waals surface area (Å²) < 4.78 is 65.4. The third-order valence-electron chi connectivity index (χ3n) is 6.32. The van der Waals surface area contributed by atoms with E-state index in [1.165, 1.54) is 13.8 Å². The first-order valence-electron chi connectivity index (χ1n) is 10.5. The lowest BCUT2D eigenvalue weighted by atomic mass is 9.76. The van der Waals surface area contributed by atoms with E-state index in [1.54, 1.807) is 18.2 Å². The number of amides is 1.